The standard InChI is InChI=1S/C8H16N2O3S/c1-14(11,12)10-4-5-13-8-2-3-9-6-7(8)10/h7-9H,2-6H2,1H3. The van der Waals surface area contributed by atoms with Gasteiger partial charge in [-0.15, -0.1) is 0 Å². The number of nitrogens with zero attached hydrogens (tertiary/aromatic N) is 1. The van der Waals surface area contributed by atoms with Crippen LogP contribution in [0.5, 0.6) is 0 Å². The lowest BCUT2D eigenvalue weighted by Gasteiger charge is -2.42. The number of piperidine rings is 1. The monoisotopic (exact) mass is 220 g/mol. The van der Waals surface area contributed by atoms with Crippen molar-refractivity contribution in [2.45, 2.75) is 18.6 Å². The molecule has 0 spiro atoms. The van der Waals surface area contributed by atoms with Crippen molar-refractivity contribution in [3.05, 3.63) is 0 Å². The van der Waals surface area contributed by atoms with Crippen molar-refractivity contribution in [3.63, 3.8) is 0 Å². The molecule has 82 valence electrons. The summed E-state index contributed by atoms with van der Waals surface area (Å²) in [4.78, 5) is 0. The molecule has 2 unspecified atom stereocenters. The first-order valence-corrected chi connectivity index (χ1v) is 6.73. The molecule has 2 aliphatic rings. The van der Waals surface area contributed by atoms with E-state index in [1.54, 1.807) is 4.31 Å². The highest BCUT2D eigenvalue weighted by Crippen LogP contribution is 2.21. The average Bonchev–Trinajstić information content (AvgIpc) is 2.15. The molecule has 2 heterocycles. The Hall–Kier alpha value is -0.170. The average molecular weight is 220 g/mol. The molecule has 0 aromatic carbocycles. The van der Waals surface area contributed by atoms with Crippen molar-refractivity contribution in [3.8, 4) is 0 Å². The summed E-state index contributed by atoms with van der Waals surface area (Å²) in [6.07, 6.45) is 2.25. The van der Waals surface area contributed by atoms with Crippen molar-refractivity contribution in [1.82, 2.24) is 9.62 Å². The number of hydrogen-bond acceptors (Lipinski definition) is 4. The molecule has 2 aliphatic heterocycles. The smallest absolute Gasteiger partial charge is 0.211 e. The lowest BCUT2D eigenvalue weighted by atomic mass is 10.0. The zero-order chi connectivity index (χ0) is 10.2. The van der Waals surface area contributed by atoms with Gasteiger partial charge in [0.25, 0.3) is 0 Å². The van der Waals surface area contributed by atoms with E-state index in [2.05, 4.69) is 5.32 Å². The van der Waals surface area contributed by atoms with Gasteiger partial charge in [-0.05, 0) is 13.0 Å². The fourth-order valence-electron chi connectivity index (χ4n) is 2.17. The molecule has 0 radical (unpaired) electrons. The molecule has 0 aromatic heterocycles. The van der Waals surface area contributed by atoms with E-state index in [4.69, 9.17) is 4.74 Å². The predicted molar refractivity (Wildman–Crippen MR) is 52.6 cm³/mol. The van der Waals surface area contributed by atoms with Crippen LogP contribution < -0.4 is 5.32 Å². The Bertz CT molecular complexity index is 302. The van der Waals surface area contributed by atoms with Crippen LogP contribution in [-0.2, 0) is 14.8 Å². The molecule has 0 saturated carbocycles. The first kappa shape index (κ1) is 10.4. The van der Waals surface area contributed by atoms with Gasteiger partial charge in [0.2, 0.25) is 10.0 Å². The quantitative estimate of drug-likeness (QED) is 0.616. The van der Waals surface area contributed by atoms with Gasteiger partial charge in [0.05, 0.1) is 25.0 Å². The van der Waals surface area contributed by atoms with Crippen LogP contribution in [0.1, 0.15) is 6.42 Å². The van der Waals surface area contributed by atoms with Gasteiger partial charge in [0.15, 0.2) is 0 Å². The van der Waals surface area contributed by atoms with Crippen molar-refractivity contribution in [1.29, 1.82) is 0 Å². The zero-order valence-electron chi connectivity index (χ0n) is 8.27. The summed E-state index contributed by atoms with van der Waals surface area (Å²) < 4.78 is 30.1. The molecule has 5 nitrogen and oxygen atoms in total. The first-order valence-electron chi connectivity index (χ1n) is 4.88. The lowest BCUT2D eigenvalue weighted by molar-refractivity contribution is -0.0527. The number of sulfonamides is 1. The minimum Gasteiger partial charge on any atom is -0.375 e. The van der Waals surface area contributed by atoms with E-state index in [1.807, 2.05) is 0 Å². The van der Waals surface area contributed by atoms with E-state index in [1.165, 1.54) is 6.26 Å². The molecule has 2 fully saturated rings. The fraction of sp³-hybridized carbons (Fsp3) is 1.00. The Morgan fingerprint density at radius 3 is 3.00 bits per heavy atom. The second kappa shape index (κ2) is 3.77. The topological polar surface area (TPSA) is 58.6 Å². The lowest BCUT2D eigenvalue weighted by Crippen LogP contribution is -2.60. The second-order valence-corrected chi connectivity index (χ2v) is 5.78. The van der Waals surface area contributed by atoms with Gasteiger partial charge in [-0.25, -0.2) is 8.42 Å². The van der Waals surface area contributed by atoms with Crippen LogP contribution in [0.2, 0.25) is 0 Å². The molecular formula is C8H16N2O3S. The Kier molecular flexibility index (Phi) is 2.79. The fourth-order valence-corrected chi connectivity index (χ4v) is 3.28. The number of hydrogen-bond donors (Lipinski definition) is 1. The van der Waals surface area contributed by atoms with Crippen molar-refractivity contribution >= 4 is 10.0 Å². The Balaban J connectivity index is 2.17. The molecule has 0 aromatic rings. The molecular weight excluding hydrogens is 204 g/mol. The molecule has 2 rings (SSSR count). The normalized spacial score (nSPS) is 35.2. The minimum absolute atomic E-state index is 0.00694. The molecule has 0 amide bonds. The number of fused-ring (bicyclic) bond motifs is 1. The Labute approximate surface area is 84.5 Å². The second-order valence-electron chi connectivity index (χ2n) is 3.84. The third-order valence-electron chi connectivity index (χ3n) is 2.83. The van der Waals surface area contributed by atoms with Gasteiger partial charge < -0.3 is 10.1 Å². The molecule has 1 N–H and O–H groups in total. The Morgan fingerprint density at radius 1 is 1.50 bits per heavy atom. The Morgan fingerprint density at radius 2 is 2.29 bits per heavy atom. The highest BCUT2D eigenvalue weighted by atomic mass is 32.2. The van der Waals surface area contributed by atoms with Crippen molar-refractivity contribution in [2.75, 3.05) is 32.5 Å². The largest absolute Gasteiger partial charge is 0.375 e. The maximum absolute atomic E-state index is 11.5. The summed E-state index contributed by atoms with van der Waals surface area (Å²) in [5, 5.41) is 3.20. The summed E-state index contributed by atoms with van der Waals surface area (Å²) in [5.74, 6) is 0. The zero-order valence-corrected chi connectivity index (χ0v) is 9.09. The van der Waals surface area contributed by atoms with E-state index >= 15 is 0 Å². The van der Waals surface area contributed by atoms with Gasteiger partial charge in [-0.2, -0.15) is 4.31 Å². The highest BCUT2D eigenvalue weighted by molar-refractivity contribution is 7.88. The summed E-state index contributed by atoms with van der Waals surface area (Å²) in [6.45, 7) is 2.63. The van der Waals surface area contributed by atoms with Gasteiger partial charge in [0, 0.05) is 13.1 Å². The predicted octanol–water partition coefficient (Wildman–Crippen LogP) is -0.991. The maximum atomic E-state index is 11.5. The third-order valence-corrected chi connectivity index (χ3v) is 4.13. The molecule has 6 heteroatoms. The van der Waals surface area contributed by atoms with Crippen molar-refractivity contribution < 1.29 is 13.2 Å². The first-order chi connectivity index (χ1) is 6.59. The SMILES string of the molecule is CS(=O)(=O)N1CCOC2CCNCC21. The van der Waals surface area contributed by atoms with E-state index in [9.17, 15) is 8.42 Å². The highest BCUT2D eigenvalue weighted by Gasteiger charge is 2.38. The molecule has 0 bridgehead atoms. The van der Waals surface area contributed by atoms with Crippen LogP contribution in [-0.4, -0.2) is 57.4 Å². The summed E-state index contributed by atoms with van der Waals surface area (Å²) in [7, 11) is -3.08. The molecule has 2 saturated heterocycles. The van der Waals surface area contributed by atoms with E-state index in [0.29, 0.717) is 19.7 Å². The maximum Gasteiger partial charge on any atom is 0.211 e. The summed E-state index contributed by atoms with van der Waals surface area (Å²) >= 11 is 0. The summed E-state index contributed by atoms with van der Waals surface area (Å²) in [5.41, 5.74) is 0. The van der Waals surface area contributed by atoms with E-state index < -0.39 is 10.0 Å². The van der Waals surface area contributed by atoms with Gasteiger partial charge >= 0.3 is 0 Å². The summed E-state index contributed by atoms with van der Waals surface area (Å²) in [6, 6.07) is -0.00694. The number of nitrogens with one attached hydrogen (secondary N) is 1. The van der Waals surface area contributed by atoms with E-state index in [0.717, 1.165) is 13.0 Å². The van der Waals surface area contributed by atoms with Crippen LogP contribution in [0.25, 0.3) is 0 Å². The minimum atomic E-state index is -3.08. The van der Waals surface area contributed by atoms with E-state index in [-0.39, 0.29) is 12.1 Å². The third kappa shape index (κ3) is 1.93. The van der Waals surface area contributed by atoms with Crippen LogP contribution >= 0.6 is 0 Å². The van der Waals surface area contributed by atoms with Gasteiger partial charge in [-0.3, -0.25) is 0 Å². The number of rotatable bonds is 1. The van der Waals surface area contributed by atoms with Gasteiger partial charge in [0.1, 0.15) is 0 Å². The molecule has 2 atom stereocenters. The van der Waals surface area contributed by atoms with Crippen LogP contribution in [0.15, 0.2) is 0 Å². The number of ether oxygens (including phenoxy) is 1. The van der Waals surface area contributed by atoms with Gasteiger partial charge in [-0.1, -0.05) is 0 Å². The molecule has 14 heavy (non-hydrogen) atoms. The molecule has 0 aliphatic carbocycles. The van der Waals surface area contributed by atoms with Crippen LogP contribution in [0.4, 0.5) is 0 Å². The van der Waals surface area contributed by atoms with Crippen LogP contribution in [0, 0.1) is 0 Å². The van der Waals surface area contributed by atoms with Crippen molar-refractivity contribution in [2.24, 2.45) is 0 Å². The van der Waals surface area contributed by atoms with Crippen LogP contribution in [0.3, 0.4) is 0 Å². The number of morpholine rings is 1.